The molecular weight excluding hydrogens is 423 g/mol. The predicted molar refractivity (Wildman–Crippen MR) is 99.4 cm³/mol. The Bertz CT molecular complexity index is 1350. The largest absolute Gasteiger partial charge is 0.433 e. The molecule has 4 heterocycles. The molecule has 0 atom stereocenters. The number of aryl methyl sites for hydroxylation is 1. The first-order chi connectivity index (χ1) is 14.1. The molecule has 156 valence electrons. The minimum absolute atomic E-state index is 0.00268. The molecule has 0 fully saturated rings. The fourth-order valence-corrected chi connectivity index (χ4v) is 3.93. The van der Waals surface area contributed by atoms with Crippen LogP contribution < -0.4 is 0 Å². The number of rotatable bonds is 4. The first kappa shape index (κ1) is 19.9. The zero-order valence-electron chi connectivity index (χ0n) is 15.7. The average Bonchev–Trinajstić information content (AvgIpc) is 3.35. The third-order valence-corrected chi connectivity index (χ3v) is 6.24. The van der Waals surface area contributed by atoms with E-state index in [9.17, 15) is 21.6 Å². The summed E-state index contributed by atoms with van der Waals surface area (Å²) in [4.78, 5) is 15.8. The van der Waals surface area contributed by atoms with Gasteiger partial charge in [0, 0.05) is 7.05 Å². The van der Waals surface area contributed by atoms with Crippen LogP contribution >= 0.6 is 0 Å². The minimum Gasteiger partial charge on any atom is -0.324 e. The van der Waals surface area contributed by atoms with Gasteiger partial charge >= 0.3 is 6.18 Å². The number of fused-ring (bicyclic) bond motifs is 1. The summed E-state index contributed by atoms with van der Waals surface area (Å²) < 4.78 is 67.1. The second-order valence-corrected chi connectivity index (χ2v) is 8.56. The Kier molecular flexibility index (Phi) is 4.56. The molecule has 13 heteroatoms. The number of hydrogen-bond donors (Lipinski definition) is 0. The maximum Gasteiger partial charge on any atom is 0.433 e. The molecule has 0 bridgehead atoms. The lowest BCUT2D eigenvalue weighted by molar-refractivity contribution is -0.141. The molecule has 0 aliphatic carbocycles. The van der Waals surface area contributed by atoms with Crippen molar-refractivity contribution in [3.63, 3.8) is 0 Å². The summed E-state index contributed by atoms with van der Waals surface area (Å²) >= 11 is 0. The van der Waals surface area contributed by atoms with Crippen molar-refractivity contribution in [3.8, 4) is 17.3 Å². The van der Waals surface area contributed by atoms with Crippen LogP contribution in [0, 0.1) is 0 Å². The van der Waals surface area contributed by atoms with E-state index < -0.39 is 21.7 Å². The number of nitrogens with zero attached hydrogens (tertiary/aromatic N) is 7. The molecule has 0 saturated heterocycles. The van der Waals surface area contributed by atoms with Crippen LogP contribution in [0.3, 0.4) is 0 Å². The monoisotopic (exact) mass is 437 g/mol. The molecule has 0 aromatic carbocycles. The molecule has 0 radical (unpaired) electrons. The van der Waals surface area contributed by atoms with E-state index in [-0.39, 0.29) is 33.5 Å². The van der Waals surface area contributed by atoms with Crippen LogP contribution in [-0.4, -0.2) is 48.5 Å². The van der Waals surface area contributed by atoms with E-state index in [0.29, 0.717) is 5.52 Å². The lowest BCUT2D eigenvalue weighted by Crippen LogP contribution is -2.10. The van der Waals surface area contributed by atoms with Crippen LogP contribution in [0.25, 0.3) is 28.4 Å². The zero-order chi connectivity index (χ0) is 21.7. The normalized spacial score (nSPS) is 12.6. The summed E-state index contributed by atoms with van der Waals surface area (Å²) in [6.07, 6.45) is -0.913. The molecule has 0 spiro atoms. The predicted octanol–water partition coefficient (Wildman–Crippen LogP) is 2.42. The maximum atomic E-state index is 13.0. The lowest BCUT2D eigenvalue weighted by Gasteiger charge is -2.11. The van der Waals surface area contributed by atoms with E-state index in [1.165, 1.54) is 41.0 Å². The van der Waals surface area contributed by atoms with Gasteiger partial charge < -0.3 is 4.57 Å². The number of hydrogen-bond acceptors (Lipinski definition) is 7. The number of imidazole rings is 1. The Labute approximate surface area is 168 Å². The highest BCUT2D eigenvalue weighted by Gasteiger charge is 2.33. The molecular formula is C17H14F3N7O2S. The van der Waals surface area contributed by atoms with Gasteiger partial charge in [0.15, 0.2) is 21.5 Å². The summed E-state index contributed by atoms with van der Waals surface area (Å²) in [6.45, 7) is 1.49. The second-order valence-electron chi connectivity index (χ2n) is 6.31. The quantitative estimate of drug-likeness (QED) is 0.482. The van der Waals surface area contributed by atoms with Crippen LogP contribution in [0.1, 0.15) is 12.6 Å². The highest BCUT2D eigenvalue weighted by molar-refractivity contribution is 7.91. The SMILES string of the molecule is CCS(=O)(=O)c1ccc(-n2cncn2)nc1-c1nc2cc(C(F)(F)F)ncc2n1C. The van der Waals surface area contributed by atoms with Crippen LogP contribution in [0.15, 0.2) is 41.9 Å². The summed E-state index contributed by atoms with van der Waals surface area (Å²) in [5.41, 5.74) is -0.782. The Morgan fingerprint density at radius 1 is 1.17 bits per heavy atom. The van der Waals surface area contributed by atoms with Crippen LogP contribution in [-0.2, 0) is 23.1 Å². The van der Waals surface area contributed by atoms with E-state index in [4.69, 9.17) is 0 Å². The molecule has 0 saturated carbocycles. The first-order valence-corrected chi connectivity index (χ1v) is 10.3. The van der Waals surface area contributed by atoms with E-state index in [1.807, 2.05) is 0 Å². The van der Waals surface area contributed by atoms with Crippen LogP contribution in [0.5, 0.6) is 0 Å². The molecule has 30 heavy (non-hydrogen) atoms. The van der Waals surface area contributed by atoms with Crippen molar-refractivity contribution in [2.75, 3.05) is 5.75 Å². The summed E-state index contributed by atoms with van der Waals surface area (Å²) in [6, 6.07) is 3.65. The fourth-order valence-electron chi connectivity index (χ4n) is 2.91. The summed E-state index contributed by atoms with van der Waals surface area (Å²) in [5, 5.41) is 3.97. The smallest absolute Gasteiger partial charge is 0.324 e. The molecule has 4 aromatic rings. The van der Waals surface area contributed by atoms with Gasteiger partial charge in [-0.2, -0.15) is 18.3 Å². The first-order valence-electron chi connectivity index (χ1n) is 8.60. The highest BCUT2D eigenvalue weighted by Crippen LogP contribution is 2.32. The van der Waals surface area contributed by atoms with Crippen LogP contribution in [0.2, 0.25) is 0 Å². The summed E-state index contributed by atoms with van der Waals surface area (Å²) in [5.74, 6) is 0.174. The van der Waals surface area contributed by atoms with Gasteiger partial charge in [0.2, 0.25) is 0 Å². The van der Waals surface area contributed by atoms with Crippen molar-refractivity contribution in [1.29, 1.82) is 0 Å². The minimum atomic E-state index is -4.63. The van der Waals surface area contributed by atoms with Crippen molar-refractivity contribution in [3.05, 3.63) is 42.7 Å². The Balaban J connectivity index is 1.99. The highest BCUT2D eigenvalue weighted by atomic mass is 32.2. The maximum absolute atomic E-state index is 13.0. The molecule has 4 rings (SSSR count). The van der Waals surface area contributed by atoms with Gasteiger partial charge in [0.25, 0.3) is 0 Å². The van der Waals surface area contributed by atoms with Gasteiger partial charge in [-0.25, -0.2) is 33.0 Å². The molecule has 9 nitrogen and oxygen atoms in total. The Morgan fingerprint density at radius 3 is 2.57 bits per heavy atom. The topological polar surface area (TPSA) is 108 Å². The number of halogens is 3. The Morgan fingerprint density at radius 2 is 1.93 bits per heavy atom. The average molecular weight is 437 g/mol. The van der Waals surface area contributed by atoms with E-state index in [2.05, 4.69) is 25.0 Å². The third-order valence-electron chi connectivity index (χ3n) is 4.48. The van der Waals surface area contributed by atoms with Gasteiger partial charge in [-0.05, 0) is 18.2 Å². The van der Waals surface area contributed by atoms with Gasteiger partial charge in [-0.15, -0.1) is 0 Å². The number of sulfone groups is 1. The van der Waals surface area contributed by atoms with Gasteiger partial charge in [0.1, 0.15) is 24.0 Å². The lowest BCUT2D eigenvalue weighted by atomic mass is 10.3. The molecule has 0 aliphatic heterocycles. The fraction of sp³-hybridized carbons (Fsp3) is 0.235. The van der Waals surface area contributed by atoms with E-state index in [0.717, 1.165) is 12.3 Å². The van der Waals surface area contributed by atoms with Gasteiger partial charge in [-0.1, -0.05) is 6.92 Å². The standard InChI is InChI=1S/C17H14F3N7O2S/c1-3-30(28,29)12-4-5-14(27-9-21-8-23-27)25-15(12)16-24-10-6-13(17(18,19)20)22-7-11(10)26(16)2/h4-9H,3H2,1-2H3. The van der Waals surface area contributed by atoms with E-state index >= 15 is 0 Å². The Hall–Kier alpha value is -3.35. The van der Waals surface area contributed by atoms with Gasteiger partial charge in [-0.3, -0.25) is 0 Å². The number of pyridine rings is 2. The number of alkyl halides is 3. The number of aromatic nitrogens is 7. The molecule has 4 aromatic heterocycles. The van der Waals surface area contributed by atoms with Crippen molar-refractivity contribution >= 4 is 20.9 Å². The second kappa shape index (κ2) is 6.86. The zero-order valence-corrected chi connectivity index (χ0v) is 16.5. The molecule has 0 N–H and O–H groups in total. The van der Waals surface area contributed by atoms with E-state index in [1.54, 1.807) is 7.05 Å². The summed E-state index contributed by atoms with van der Waals surface area (Å²) in [7, 11) is -2.16. The molecule has 0 aliphatic rings. The van der Waals surface area contributed by atoms with Crippen molar-refractivity contribution in [2.45, 2.75) is 18.0 Å². The molecule has 0 amide bonds. The van der Waals surface area contributed by atoms with Crippen molar-refractivity contribution < 1.29 is 21.6 Å². The van der Waals surface area contributed by atoms with Crippen LogP contribution in [0.4, 0.5) is 13.2 Å². The molecule has 0 unspecified atom stereocenters. The van der Waals surface area contributed by atoms with Gasteiger partial charge in [0.05, 0.1) is 27.9 Å². The third kappa shape index (κ3) is 3.30. The van der Waals surface area contributed by atoms with Crippen molar-refractivity contribution in [2.24, 2.45) is 7.05 Å². The van der Waals surface area contributed by atoms with Crippen molar-refractivity contribution in [1.82, 2.24) is 34.3 Å².